The number of halogens is 3. The summed E-state index contributed by atoms with van der Waals surface area (Å²) in [5, 5.41) is 0.750. The Labute approximate surface area is 244 Å². The minimum atomic E-state index is -4.03. The van der Waals surface area contributed by atoms with Crippen LogP contribution >= 0.6 is 34.8 Å². The van der Waals surface area contributed by atoms with Gasteiger partial charge in [0.05, 0.1) is 22.2 Å². The molecule has 1 atom stereocenters. The third-order valence-electron chi connectivity index (χ3n) is 7.54. The first kappa shape index (κ1) is 29.9. The number of benzene rings is 2. The van der Waals surface area contributed by atoms with Gasteiger partial charge < -0.3 is 14.5 Å². The highest BCUT2D eigenvalue weighted by Crippen LogP contribution is 2.35. The van der Waals surface area contributed by atoms with Crippen LogP contribution in [0.25, 0.3) is 0 Å². The van der Waals surface area contributed by atoms with E-state index in [9.17, 15) is 18.0 Å². The van der Waals surface area contributed by atoms with E-state index in [1.807, 2.05) is 18.2 Å². The maximum atomic E-state index is 13.5. The molecule has 1 unspecified atom stereocenters. The Morgan fingerprint density at radius 1 is 0.949 bits per heavy atom. The average molecular weight is 617 g/mol. The van der Waals surface area contributed by atoms with Gasteiger partial charge in [-0.3, -0.25) is 4.79 Å². The van der Waals surface area contributed by atoms with Crippen molar-refractivity contribution < 1.29 is 22.7 Å². The number of ether oxygens (including phenoxy) is 1. The van der Waals surface area contributed by atoms with Crippen molar-refractivity contribution >= 4 is 56.8 Å². The van der Waals surface area contributed by atoms with Gasteiger partial charge in [-0.05, 0) is 61.4 Å². The van der Waals surface area contributed by atoms with E-state index in [0.29, 0.717) is 29.9 Å². The summed E-state index contributed by atoms with van der Waals surface area (Å²) in [7, 11) is -4.03. The highest BCUT2D eigenvalue weighted by atomic mass is 35.5. The fourth-order valence-electron chi connectivity index (χ4n) is 5.19. The molecule has 39 heavy (non-hydrogen) atoms. The number of carbonyl (C=O) groups excluding carboxylic acids is 2. The lowest BCUT2D eigenvalue weighted by molar-refractivity contribution is 0.0680. The summed E-state index contributed by atoms with van der Waals surface area (Å²) >= 11 is 18.9. The van der Waals surface area contributed by atoms with E-state index in [4.69, 9.17) is 39.5 Å². The van der Waals surface area contributed by atoms with Gasteiger partial charge in [0.2, 0.25) is 10.0 Å². The molecule has 0 aromatic heterocycles. The molecule has 2 heterocycles. The van der Waals surface area contributed by atoms with Crippen LogP contribution in [0.4, 0.5) is 4.79 Å². The normalized spacial score (nSPS) is 18.2. The van der Waals surface area contributed by atoms with Crippen molar-refractivity contribution in [2.24, 2.45) is 5.92 Å². The van der Waals surface area contributed by atoms with E-state index < -0.39 is 16.1 Å². The van der Waals surface area contributed by atoms with Gasteiger partial charge in [0, 0.05) is 44.3 Å². The van der Waals surface area contributed by atoms with E-state index in [-0.39, 0.29) is 59.2 Å². The number of piperidine rings is 1. The first-order valence-electron chi connectivity index (χ1n) is 13.0. The number of likely N-dealkylation sites (tertiary alicyclic amines) is 1. The maximum absolute atomic E-state index is 13.5. The first-order chi connectivity index (χ1) is 18.5. The number of hydrogen-bond donors (Lipinski definition) is 0. The molecule has 212 valence electrons. The zero-order valence-electron chi connectivity index (χ0n) is 21.9. The molecule has 2 saturated heterocycles. The van der Waals surface area contributed by atoms with Gasteiger partial charge in [-0.15, -0.1) is 0 Å². The summed E-state index contributed by atoms with van der Waals surface area (Å²) in [4.78, 5) is 28.5. The molecule has 4 rings (SSSR count). The molecule has 0 aliphatic carbocycles. The largest absolute Gasteiger partial charge is 0.450 e. The van der Waals surface area contributed by atoms with E-state index in [1.165, 1.54) is 26.9 Å². The van der Waals surface area contributed by atoms with Crippen molar-refractivity contribution in [3.8, 4) is 0 Å². The topological polar surface area (TPSA) is 87.2 Å². The maximum Gasteiger partial charge on any atom is 0.409 e. The fraction of sp³-hybridized carbons (Fsp3) is 0.481. The van der Waals surface area contributed by atoms with E-state index in [0.717, 1.165) is 12.8 Å². The van der Waals surface area contributed by atoms with Gasteiger partial charge in [0.25, 0.3) is 5.91 Å². The van der Waals surface area contributed by atoms with Crippen LogP contribution in [-0.2, 0) is 14.8 Å². The van der Waals surface area contributed by atoms with E-state index >= 15 is 0 Å². The first-order valence-corrected chi connectivity index (χ1v) is 15.6. The van der Waals surface area contributed by atoms with Gasteiger partial charge in [0.15, 0.2) is 0 Å². The van der Waals surface area contributed by atoms with Crippen LogP contribution in [0.1, 0.15) is 48.5 Å². The van der Waals surface area contributed by atoms with Gasteiger partial charge in [-0.25, -0.2) is 13.2 Å². The van der Waals surface area contributed by atoms with Gasteiger partial charge in [-0.1, -0.05) is 53.9 Å². The van der Waals surface area contributed by atoms with E-state index in [1.54, 1.807) is 11.8 Å². The molecule has 8 nitrogen and oxygen atoms in total. The molecule has 0 saturated carbocycles. The van der Waals surface area contributed by atoms with Crippen LogP contribution in [0.15, 0.2) is 41.3 Å². The predicted octanol–water partition coefficient (Wildman–Crippen LogP) is 5.77. The van der Waals surface area contributed by atoms with Crippen molar-refractivity contribution in [2.45, 2.75) is 37.5 Å². The summed E-state index contributed by atoms with van der Waals surface area (Å²) in [5.41, 5.74) is 1.28. The Bertz CT molecular complexity index is 1320. The zero-order valence-corrected chi connectivity index (χ0v) is 25.0. The number of hydrogen-bond acceptors (Lipinski definition) is 5. The zero-order chi connectivity index (χ0) is 28.3. The molecular formula is C27H32Cl3N3O5S. The molecule has 0 bridgehead atoms. The molecule has 2 aliphatic rings. The van der Waals surface area contributed by atoms with Crippen LogP contribution in [-0.4, -0.2) is 80.4 Å². The Morgan fingerprint density at radius 3 is 2.23 bits per heavy atom. The second kappa shape index (κ2) is 12.6. The SMILES string of the molecule is CCOC(=O)N1CCN(S(=O)(=O)c2cc(C(=O)N3CCC(C(C)c4cccc(Cl)c4)CC3)c(Cl)cc2Cl)CC1. The molecule has 0 N–H and O–H groups in total. The molecular weight excluding hydrogens is 585 g/mol. The van der Waals surface area contributed by atoms with Gasteiger partial charge in [0.1, 0.15) is 4.90 Å². The lowest BCUT2D eigenvalue weighted by atomic mass is 9.81. The summed E-state index contributed by atoms with van der Waals surface area (Å²) in [5.74, 6) is 0.354. The molecule has 2 aliphatic heterocycles. The van der Waals surface area contributed by atoms with Gasteiger partial charge in [-0.2, -0.15) is 4.31 Å². The predicted molar refractivity (Wildman–Crippen MR) is 152 cm³/mol. The number of rotatable bonds is 6. The molecule has 0 spiro atoms. The quantitative estimate of drug-likeness (QED) is 0.412. The van der Waals surface area contributed by atoms with Crippen LogP contribution in [0.5, 0.6) is 0 Å². The summed E-state index contributed by atoms with van der Waals surface area (Å²) in [6.07, 6.45) is 1.14. The summed E-state index contributed by atoms with van der Waals surface area (Å²) in [6.45, 7) is 5.75. The molecule has 2 amide bonds. The van der Waals surface area contributed by atoms with Crippen molar-refractivity contribution in [1.29, 1.82) is 0 Å². The van der Waals surface area contributed by atoms with Crippen LogP contribution in [0, 0.1) is 5.92 Å². The number of nitrogens with zero attached hydrogens (tertiary/aromatic N) is 3. The summed E-state index contributed by atoms with van der Waals surface area (Å²) in [6, 6.07) is 10.4. The number of amides is 2. The van der Waals surface area contributed by atoms with Crippen LogP contribution < -0.4 is 0 Å². The van der Waals surface area contributed by atoms with Crippen molar-refractivity contribution in [2.75, 3.05) is 45.9 Å². The highest BCUT2D eigenvalue weighted by molar-refractivity contribution is 7.89. The average Bonchev–Trinajstić information content (AvgIpc) is 2.92. The smallest absolute Gasteiger partial charge is 0.409 e. The lowest BCUT2D eigenvalue weighted by Gasteiger charge is -2.35. The number of sulfonamides is 1. The number of piperazine rings is 1. The molecule has 12 heteroatoms. The molecule has 2 fully saturated rings. The van der Waals surface area contributed by atoms with Crippen molar-refractivity contribution in [3.05, 3.63) is 62.6 Å². The van der Waals surface area contributed by atoms with E-state index in [2.05, 4.69) is 13.0 Å². The monoisotopic (exact) mass is 615 g/mol. The third-order valence-corrected chi connectivity index (χ3v) is 10.5. The Hall–Kier alpha value is -2.04. The van der Waals surface area contributed by atoms with Crippen LogP contribution in [0.3, 0.4) is 0 Å². The number of carbonyl (C=O) groups is 2. The summed E-state index contributed by atoms with van der Waals surface area (Å²) < 4.78 is 33.2. The molecule has 2 aromatic rings. The molecule has 2 aromatic carbocycles. The second-order valence-electron chi connectivity index (χ2n) is 9.83. The minimum absolute atomic E-state index is 0.0570. The Morgan fingerprint density at radius 2 is 1.62 bits per heavy atom. The fourth-order valence-corrected chi connectivity index (χ4v) is 7.64. The second-order valence-corrected chi connectivity index (χ2v) is 13.0. The minimum Gasteiger partial charge on any atom is -0.450 e. The van der Waals surface area contributed by atoms with Crippen molar-refractivity contribution in [3.63, 3.8) is 0 Å². The highest BCUT2D eigenvalue weighted by Gasteiger charge is 2.34. The lowest BCUT2D eigenvalue weighted by Crippen LogP contribution is -2.50. The van der Waals surface area contributed by atoms with Gasteiger partial charge >= 0.3 is 6.09 Å². The standard InChI is InChI=1S/C27H32Cl3N3O5S/c1-3-38-27(35)32-11-13-33(14-12-32)39(36,37)25-16-22(23(29)17-24(25)30)26(34)31-9-7-19(8-10-31)18(2)20-5-4-6-21(28)15-20/h4-6,15-19H,3,7-14H2,1-2H3. The van der Waals surface area contributed by atoms with Crippen molar-refractivity contribution in [1.82, 2.24) is 14.1 Å². The van der Waals surface area contributed by atoms with Crippen LogP contribution in [0.2, 0.25) is 15.1 Å². The molecule has 0 radical (unpaired) electrons. The Balaban J connectivity index is 1.46. The Kier molecular flexibility index (Phi) is 9.70. The third kappa shape index (κ3) is 6.65.